The second-order valence-corrected chi connectivity index (χ2v) is 3.32. The predicted octanol–water partition coefficient (Wildman–Crippen LogP) is 3.29. The third-order valence-electron chi connectivity index (χ3n) is 2.11. The third kappa shape index (κ3) is 3.58. The van der Waals surface area contributed by atoms with Crippen molar-refractivity contribution in [3.05, 3.63) is 42.0 Å². The molecule has 0 saturated heterocycles. The number of unbranched alkanes of at least 4 members (excludes halogenated alkanes) is 1. The summed E-state index contributed by atoms with van der Waals surface area (Å²) in [7, 11) is 0. The van der Waals surface area contributed by atoms with E-state index in [1.54, 1.807) is 18.2 Å². The van der Waals surface area contributed by atoms with E-state index in [4.69, 9.17) is 4.74 Å². The van der Waals surface area contributed by atoms with Crippen LogP contribution in [0.5, 0.6) is 0 Å². The van der Waals surface area contributed by atoms with Gasteiger partial charge in [-0.1, -0.05) is 38.1 Å². The number of carbonyl (C=O) groups excluding carboxylic acids is 1. The van der Waals surface area contributed by atoms with E-state index in [1.807, 2.05) is 12.1 Å². The maximum atomic E-state index is 11.5. The highest BCUT2D eigenvalue weighted by molar-refractivity contribution is 5.89. The lowest BCUT2D eigenvalue weighted by atomic mass is 10.1. The number of rotatable bonds is 5. The van der Waals surface area contributed by atoms with Crippen molar-refractivity contribution in [2.75, 3.05) is 6.61 Å². The number of ether oxygens (including phenoxy) is 1. The predicted molar refractivity (Wildman–Crippen MR) is 61.7 cm³/mol. The van der Waals surface area contributed by atoms with Crippen LogP contribution in [0.15, 0.2) is 30.8 Å². The van der Waals surface area contributed by atoms with Crippen molar-refractivity contribution in [1.82, 2.24) is 0 Å². The van der Waals surface area contributed by atoms with Gasteiger partial charge >= 0.3 is 5.97 Å². The molecule has 2 heteroatoms. The van der Waals surface area contributed by atoms with Crippen molar-refractivity contribution in [1.29, 1.82) is 0 Å². The number of hydrogen-bond donors (Lipinski definition) is 0. The summed E-state index contributed by atoms with van der Waals surface area (Å²) in [6.07, 6.45) is 3.69. The molecule has 0 atom stereocenters. The van der Waals surface area contributed by atoms with E-state index in [1.165, 1.54) is 0 Å². The van der Waals surface area contributed by atoms with E-state index < -0.39 is 0 Å². The number of carbonyl (C=O) groups is 1. The molecule has 0 N–H and O–H groups in total. The van der Waals surface area contributed by atoms with Crippen LogP contribution >= 0.6 is 0 Å². The Bertz CT molecular complexity index is 325. The zero-order valence-corrected chi connectivity index (χ0v) is 9.03. The Hall–Kier alpha value is -1.57. The fourth-order valence-electron chi connectivity index (χ4n) is 1.15. The molecule has 15 heavy (non-hydrogen) atoms. The molecule has 0 aromatic heterocycles. The lowest BCUT2D eigenvalue weighted by Gasteiger charge is -2.03. The summed E-state index contributed by atoms with van der Waals surface area (Å²) in [5.41, 5.74) is 1.59. The molecular formula is C13H16O2. The molecule has 0 bridgehead atoms. The van der Waals surface area contributed by atoms with E-state index in [9.17, 15) is 4.79 Å². The zero-order chi connectivity index (χ0) is 11.1. The molecule has 0 spiro atoms. The molecule has 0 unspecified atom stereocenters. The standard InChI is InChI=1S/C13H16O2/c1-3-5-10-15-13(14)12-8-6-11(4-2)7-9-12/h4,6-9H,2-3,5,10H2,1H3. The quantitative estimate of drug-likeness (QED) is 0.543. The number of benzene rings is 1. The van der Waals surface area contributed by atoms with Crippen LogP contribution in [0.1, 0.15) is 35.7 Å². The van der Waals surface area contributed by atoms with Crippen molar-refractivity contribution >= 4 is 12.0 Å². The maximum Gasteiger partial charge on any atom is 0.338 e. The largest absolute Gasteiger partial charge is 0.462 e. The minimum absolute atomic E-state index is 0.251. The molecule has 0 radical (unpaired) electrons. The smallest absolute Gasteiger partial charge is 0.338 e. The first kappa shape index (κ1) is 11.5. The molecule has 1 rings (SSSR count). The summed E-state index contributed by atoms with van der Waals surface area (Å²) in [6.45, 7) is 6.21. The average Bonchev–Trinajstić information content (AvgIpc) is 2.29. The summed E-state index contributed by atoms with van der Waals surface area (Å²) < 4.78 is 5.08. The van der Waals surface area contributed by atoms with Crippen LogP contribution in [0.4, 0.5) is 0 Å². The van der Waals surface area contributed by atoms with Gasteiger partial charge < -0.3 is 4.74 Å². The summed E-state index contributed by atoms with van der Waals surface area (Å²) in [4.78, 5) is 11.5. The summed E-state index contributed by atoms with van der Waals surface area (Å²) in [5.74, 6) is -0.251. The Kier molecular flexibility index (Phi) is 4.61. The molecule has 1 aromatic carbocycles. The van der Waals surface area contributed by atoms with E-state index >= 15 is 0 Å². The lowest BCUT2D eigenvalue weighted by Crippen LogP contribution is -2.05. The van der Waals surface area contributed by atoms with Crippen molar-refractivity contribution in [2.45, 2.75) is 19.8 Å². The highest BCUT2D eigenvalue weighted by atomic mass is 16.5. The highest BCUT2D eigenvalue weighted by Crippen LogP contribution is 2.07. The Morgan fingerprint density at radius 3 is 2.60 bits per heavy atom. The third-order valence-corrected chi connectivity index (χ3v) is 2.11. The molecule has 1 aromatic rings. The van der Waals surface area contributed by atoms with Gasteiger partial charge in [-0.15, -0.1) is 0 Å². The van der Waals surface area contributed by atoms with Gasteiger partial charge in [-0.3, -0.25) is 0 Å². The molecule has 0 saturated carbocycles. The minimum Gasteiger partial charge on any atom is -0.462 e. The lowest BCUT2D eigenvalue weighted by molar-refractivity contribution is 0.0500. The van der Waals surface area contributed by atoms with E-state index in [-0.39, 0.29) is 5.97 Å². The monoisotopic (exact) mass is 204 g/mol. The van der Waals surface area contributed by atoms with Crippen molar-refractivity contribution < 1.29 is 9.53 Å². The first-order valence-electron chi connectivity index (χ1n) is 5.17. The molecule has 80 valence electrons. The first-order chi connectivity index (χ1) is 7.27. The normalized spacial score (nSPS) is 9.67. The molecule has 0 heterocycles. The highest BCUT2D eigenvalue weighted by Gasteiger charge is 2.05. The Labute approximate surface area is 90.6 Å². The van der Waals surface area contributed by atoms with Crippen LogP contribution in [-0.2, 0) is 4.74 Å². The van der Waals surface area contributed by atoms with Gasteiger partial charge in [0.05, 0.1) is 12.2 Å². The van der Waals surface area contributed by atoms with Crippen LogP contribution in [0, 0.1) is 0 Å². The van der Waals surface area contributed by atoms with Gasteiger partial charge in [0.1, 0.15) is 0 Å². The van der Waals surface area contributed by atoms with E-state index in [2.05, 4.69) is 13.5 Å². The summed E-state index contributed by atoms with van der Waals surface area (Å²) in [5, 5.41) is 0. The van der Waals surface area contributed by atoms with Crippen molar-refractivity contribution in [2.24, 2.45) is 0 Å². The second kappa shape index (κ2) is 6.02. The molecule has 0 fully saturated rings. The van der Waals surface area contributed by atoms with Crippen molar-refractivity contribution in [3.63, 3.8) is 0 Å². The molecule has 0 amide bonds. The van der Waals surface area contributed by atoms with Gasteiger partial charge in [-0.2, -0.15) is 0 Å². The zero-order valence-electron chi connectivity index (χ0n) is 9.03. The van der Waals surface area contributed by atoms with Crippen LogP contribution in [0.3, 0.4) is 0 Å². The minimum atomic E-state index is -0.251. The fourth-order valence-corrected chi connectivity index (χ4v) is 1.15. The fraction of sp³-hybridized carbons (Fsp3) is 0.308. The second-order valence-electron chi connectivity index (χ2n) is 3.32. The molecule has 0 aliphatic rings. The first-order valence-corrected chi connectivity index (χ1v) is 5.17. The maximum absolute atomic E-state index is 11.5. The van der Waals surface area contributed by atoms with Crippen LogP contribution in [0.25, 0.3) is 6.08 Å². The Balaban J connectivity index is 2.54. The van der Waals surface area contributed by atoms with Gasteiger partial charge in [0.15, 0.2) is 0 Å². The summed E-state index contributed by atoms with van der Waals surface area (Å²) >= 11 is 0. The Morgan fingerprint density at radius 1 is 1.40 bits per heavy atom. The number of esters is 1. The molecular weight excluding hydrogens is 188 g/mol. The van der Waals surface area contributed by atoms with E-state index in [0.717, 1.165) is 18.4 Å². The van der Waals surface area contributed by atoms with Gasteiger partial charge in [-0.05, 0) is 24.1 Å². The molecule has 0 aliphatic heterocycles. The summed E-state index contributed by atoms with van der Waals surface area (Å²) in [6, 6.07) is 7.21. The van der Waals surface area contributed by atoms with Gasteiger partial charge in [0, 0.05) is 0 Å². The number of hydrogen-bond acceptors (Lipinski definition) is 2. The van der Waals surface area contributed by atoms with Gasteiger partial charge in [-0.25, -0.2) is 4.79 Å². The van der Waals surface area contributed by atoms with E-state index in [0.29, 0.717) is 12.2 Å². The average molecular weight is 204 g/mol. The van der Waals surface area contributed by atoms with Crippen LogP contribution < -0.4 is 0 Å². The van der Waals surface area contributed by atoms with Gasteiger partial charge in [0.2, 0.25) is 0 Å². The van der Waals surface area contributed by atoms with Gasteiger partial charge in [0.25, 0.3) is 0 Å². The molecule has 0 aliphatic carbocycles. The molecule has 2 nitrogen and oxygen atoms in total. The SMILES string of the molecule is C=Cc1ccc(C(=O)OCCCC)cc1. The topological polar surface area (TPSA) is 26.3 Å². The van der Waals surface area contributed by atoms with Crippen molar-refractivity contribution in [3.8, 4) is 0 Å². The van der Waals surface area contributed by atoms with Crippen LogP contribution in [0.2, 0.25) is 0 Å². The Morgan fingerprint density at radius 2 is 2.07 bits per heavy atom. The van der Waals surface area contributed by atoms with Crippen LogP contribution in [-0.4, -0.2) is 12.6 Å².